The molecule has 0 amide bonds. The van der Waals surface area contributed by atoms with Crippen molar-refractivity contribution in [2.24, 2.45) is 5.92 Å². The molecular weight excluding hydrogens is 436 g/mol. The number of nitrogens with zero attached hydrogens (tertiary/aromatic N) is 1. The van der Waals surface area contributed by atoms with Gasteiger partial charge in [0.05, 0.1) is 6.42 Å². The van der Waals surface area contributed by atoms with E-state index in [1.807, 2.05) is 12.3 Å². The Morgan fingerprint density at radius 1 is 1.06 bits per heavy atom. The van der Waals surface area contributed by atoms with Gasteiger partial charge in [0, 0.05) is 30.9 Å². The molecule has 0 bridgehead atoms. The molecule has 0 aliphatic heterocycles. The lowest BCUT2D eigenvalue weighted by atomic mass is 9.90. The first kappa shape index (κ1) is 24.9. The summed E-state index contributed by atoms with van der Waals surface area (Å²) in [5.41, 5.74) is 5.92. The van der Waals surface area contributed by atoms with Crippen LogP contribution < -0.4 is 10.9 Å². The normalized spacial score (nSPS) is 15.2. The van der Waals surface area contributed by atoms with E-state index in [0.29, 0.717) is 18.4 Å². The molecule has 2 atom stereocenters. The summed E-state index contributed by atoms with van der Waals surface area (Å²) in [5, 5.41) is 13.2. The van der Waals surface area contributed by atoms with Crippen LogP contribution in [0.3, 0.4) is 0 Å². The molecule has 2 aromatic carbocycles. The molecule has 1 aromatic heterocycles. The van der Waals surface area contributed by atoms with Crippen LogP contribution in [0, 0.1) is 12.8 Å². The van der Waals surface area contributed by atoms with Gasteiger partial charge in [-0.05, 0) is 78.0 Å². The van der Waals surface area contributed by atoms with Crippen molar-refractivity contribution in [3.8, 4) is 11.1 Å². The second-order valence-corrected chi connectivity index (χ2v) is 10.2. The number of benzene rings is 2. The smallest absolute Gasteiger partial charge is 0.305 e. The molecule has 1 fully saturated rings. The van der Waals surface area contributed by atoms with E-state index in [9.17, 15) is 14.7 Å². The SMILES string of the molecule is Cc1ccccc1-c1cc(C(CC(=O)O)NCC(CC(C)C)n2ccccc2=O)ccc1C1CC1. The molecule has 0 radical (unpaired) electrons. The summed E-state index contributed by atoms with van der Waals surface area (Å²) in [6.07, 6.45) is 5.04. The zero-order chi connectivity index (χ0) is 24.9. The lowest BCUT2D eigenvalue weighted by Gasteiger charge is -2.26. The van der Waals surface area contributed by atoms with E-state index in [1.54, 1.807) is 16.7 Å². The molecule has 4 rings (SSSR count). The van der Waals surface area contributed by atoms with Gasteiger partial charge in [-0.2, -0.15) is 0 Å². The van der Waals surface area contributed by atoms with E-state index < -0.39 is 5.97 Å². The van der Waals surface area contributed by atoms with E-state index in [4.69, 9.17) is 0 Å². The first-order valence-electron chi connectivity index (χ1n) is 12.7. The van der Waals surface area contributed by atoms with Crippen LogP contribution in [0.1, 0.15) is 74.2 Å². The molecule has 0 spiro atoms. The quantitative estimate of drug-likeness (QED) is 0.354. The number of carboxylic acid groups (broad SMARTS) is 1. The number of aryl methyl sites for hydroxylation is 1. The third-order valence-electron chi connectivity index (χ3n) is 6.90. The van der Waals surface area contributed by atoms with Gasteiger partial charge in [0.2, 0.25) is 0 Å². The molecular formula is C30H36N2O3. The maximum absolute atomic E-state index is 12.5. The number of aliphatic carboxylic acids is 1. The summed E-state index contributed by atoms with van der Waals surface area (Å²) in [6, 6.07) is 19.6. The summed E-state index contributed by atoms with van der Waals surface area (Å²) in [4.78, 5) is 24.3. The molecule has 1 saturated carbocycles. The van der Waals surface area contributed by atoms with E-state index in [0.717, 1.165) is 12.0 Å². The van der Waals surface area contributed by atoms with Gasteiger partial charge in [0.1, 0.15) is 0 Å². The molecule has 5 heteroatoms. The van der Waals surface area contributed by atoms with E-state index in [1.165, 1.54) is 35.1 Å². The molecule has 2 N–H and O–H groups in total. The van der Waals surface area contributed by atoms with Gasteiger partial charge in [-0.3, -0.25) is 9.59 Å². The third kappa shape index (κ3) is 6.29. The van der Waals surface area contributed by atoms with Gasteiger partial charge in [-0.1, -0.05) is 56.3 Å². The molecule has 5 nitrogen and oxygen atoms in total. The lowest BCUT2D eigenvalue weighted by molar-refractivity contribution is -0.137. The maximum atomic E-state index is 12.5. The van der Waals surface area contributed by atoms with Gasteiger partial charge in [0.25, 0.3) is 5.56 Å². The topological polar surface area (TPSA) is 71.3 Å². The van der Waals surface area contributed by atoms with Crippen LogP contribution in [-0.2, 0) is 4.79 Å². The molecule has 1 aliphatic rings. The minimum atomic E-state index is -0.844. The number of hydrogen-bond donors (Lipinski definition) is 2. The van der Waals surface area contributed by atoms with E-state index in [2.05, 4.69) is 68.6 Å². The number of nitrogens with one attached hydrogen (secondary N) is 1. The van der Waals surface area contributed by atoms with Crippen LogP contribution in [-0.4, -0.2) is 22.2 Å². The van der Waals surface area contributed by atoms with Crippen LogP contribution >= 0.6 is 0 Å². The van der Waals surface area contributed by atoms with Gasteiger partial charge in [-0.15, -0.1) is 0 Å². The van der Waals surface area contributed by atoms with Crippen molar-refractivity contribution >= 4 is 5.97 Å². The van der Waals surface area contributed by atoms with Crippen LogP contribution in [0.15, 0.2) is 71.7 Å². The van der Waals surface area contributed by atoms with Gasteiger partial charge >= 0.3 is 5.97 Å². The van der Waals surface area contributed by atoms with E-state index >= 15 is 0 Å². The van der Waals surface area contributed by atoms with Crippen molar-refractivity contribution < 1.29 is 9.90 Å². The highest BCUT2D eigenvalue weighted by atomic mass is 16.4. The highest BCUT2D eigenvalue weighted by Gasteiger charge is 2.28. The molecule has 35 heavy (non-hydrogen) atoms. The summed E-state index contributed by atoms with van der Waals surface area (Å²) in [7, 11) is 0. The third-order valence-corrected chi connectivity index (χ3v) is 6.90. The van der Waals surface area contributed by atoms with Crippen LogP contribution in [0.4, 0.5) is 0 Å². The van der Waals surface area contributed by atoms with Crippen molar-refractivity contribution in [3.63, 3.8) is 0 Å². The van der Waals surface area contributed by atoms with Gasteiger partial charge in [0.15, 0.2) is 0 Å². The Hall–Kier alpha value is -3.18. The minimum Gasteiger partial charge on any atom is -0.481 e. The second kappa shape index (κ2) is 11.0. The Morgan fingerprint density at radius 2 is 1.80 bits per heavy atom. The van der Waals surface area contributed by atoms with Crippen molar-refractivity contribution in [2.75, 3.05) is 6.54 Å². The van der Waals surface area contributed by atoms with Gasteiger partial charge < -0.3 is 15.0 Å². The largest absolute Gasteiger partial charge is 0.481 e. The Morgan fingerprint density at radius 3 is 2.46 bits per heavy atom. The number of rotatable bonds is 11. The number of carbonyl (C=O) groups is 1. The zero-order valence-electron chi connectivity index (χ0n) is 20.9. The monoisotopic (exact) mass is 472 g/mol. The molecule has 2 unspecified atom stereocenters. The lowest BCUT2D eigenvalue weighted by Crippen LogP contribution is -2.35. The van der Waals surface area contributed by atoms with Crippen molar-refractivity contribution in [2.45, 2.75) is 64.5 Å². The summed E-state index contributed by atoms with van der Waals surface area (Å²) < 4.78 is 1.76. The van der Waals surface area contributed by atoms with Crippen molar-refractivity contribution in [3.05, 3.63) is 93.9 Å². The Labute approximate surface area is 207 Å². The molecule has 1 heterocycles. The zero-order valence-corrected chi connectivity index (χ0v) is 20.9. The van der Waals surface area contributed by atoms with E-state index in [-0.39, 0.29) is 24.1 Å². The van der Waals surface area contributed by atoms with Crippen molar-refractivity contribution in [1.82, 2.24) is 9.88 Å². The predicted molar refractivity (Wildman–Crippen MR) is 141 cm³/mol. The minimum absolute atomic E-state index is 0.0198. The van der Waals surface area contributed by atoms with Crippen LogP contribution in [0.5, 0.6) is 0 Å². The maximum Gasteiger partial charge on any atom is 0.305 e. The predicted octanol–water partition coefficient (Wildman–Crippen LogP) is 6.09. The average Bonchev–Trinajstić information content (AvgIpc) is 3.66. The summed E-state index contributed by atoms with van der Waals surface area (Å²) >= 11 is 0. The Bertz CT molecular complexity index is 1230. The summed E-state index contributed by atoms with van der Waals surface area (Å²) in [6.45, 7) is 6.92. The first-order chi connectivity index (χ1) is 16.8. The second-order valence-electron chi connectivity index (χ2n) is 10.2. The Kier molecular flexibility index (Phi) is 7.86. The highest BCUT2D eigenvalue weighted by molar-refractivity contribution is 5.73. The first-order valence-corrected chi connectivity index (χ1v) is 12.7. The van der Waals surface area contributed by atoms with Crippen LogP contribution in [0.25, 0.3) is 11.1 Å². The fourth-order valence-corrected chi connectivity index (χ4v) is 4.99. The summed E-state index contributed by atoms with van der Waals surface area (Å²) in [5.74, 6) is 0.144. The molecule has 3 aromatic rings. The average molecular weight is 473 g/mol. The molecule has 184 valence electrons. The standard InChI is InChI=1S/C30H36N2O3/c1-20(2)16-24(32-15-7-6-10-29(32)33)19-31-28(18-30(34)35)23-13-14-26(22-11-12-22)27(17-23)25-9-5-4-8-21(25)3/h4-10,13-15,17,20,22,24,28,31H,11-12,16,18-19H2,1-3H3,(H,34,35). The number of pyridine rings is 1. The number of hydrogen-bond acceptors (Lipinski definition) is 3. The van der Waals surface area contributed by atoms with Gasteiger partial charge in [-0.25, -0.2) is 0 Å². The Balaban J connectivity index is 1.66. The fourth-order valence-electron chi connectivity index (χ4n) is 4.99. The highest BCUT2D eigenvalue weighted by Crippen LogP contribution is 2.45. The van der Waals surface area contributed by atoms with Crippen LogP contribution in [0.2, 0.25) is 0 Å². The number of carboxylic acids is 1. The molecule has 1 aliphatic carbocycles. The fraction of sp³-hybridized carbons (Fsp3) is 0.400. The van der Waals surface area contributed by atoms with Crippen molar-refractivity contribution in [1.29, 1.82) is 0 Å². The molecule has 0 saturated heterocycles. The number of aromatic nitrogens is 1.